The lowest BCUT2D eigenvalue weighted by Crippen LogP contribution is -2.28. The number of sulfonamides is 1. The Morgan fingerprint density at radius 2 is 1.77 bits per heavy atom. The summed E-state index contributed by atoms with van der Waals surface area (Å²) in [5, 5.41) is 6.67. The molecule has 3 aromatic carbocycles. The van der Waals surface area contributed by atoms with E-state index >= 15 is 0 Å². The number of benzene rings is 3. The Hall–Kier alpha value is -3.16. The van der Waals surface area contributed by atoms with E-state index in [0.29, 0.717) is 21.8 Å². The normalized spacial score (nSPS) is 15.0. The number of anilines is 1. The molecule has 0 fully saturated rings. The zero-order valence-corrected chi connectivity index (χ0v) is 18.2. The van der Waals surface area contributed by atoms with Gasteiger partial charge in [-0.15, -0.1) is 4.40 Å². The van der Waals surface area contributed by atoms with Gasteiger partial charge in [-0.1, -0.05) is 42.8 Å². The number of carbonyl (C=O) groups excluding carboxylic acids is 1. The number of amidine groups is 1. The molecule has 3 aromatic rings. The van der Waals surface area contributed by atoms with E-state index < -0.39 is 10.0 Å². The highest BCUT2D eigenvalue weighted by molar-refractivity contribution is 7.90. The average molecular weight is 454 g/mol. The van der Waals surface area contributed by atoms with E-state index in [1.807, 2.05) is 25.1 Å². The molecular weight excluding hydrogens is 434 g/mol. The van der Waals surface area contributed by atoms with Gasteiger partial charge in [-0.05, 0) is 60.5 Å². The molecule has 1 aliphatic rings. The Kier molecular flexibility index (Phi) is 5.80. The lowest BCUT2D eigenvalue weighted by atomic mass is 10.0. The van der Waals surface area contributed by atoms with Gasteiger partial charge in [0, 0.05) is 21.8 Å². The summed E-state index contributed by atoms with van der Waals surface area (Å²) in [6.07, 6.45) is 0.722. The van der Waals surface area contributed by atoms with Crippen molar-refractivity contribution in [3.63, 3.8) is 0 Å². The predicted molar refractivity (Wildman–Crippen MR) is 122 cm³/mol. The summed E-state index contributed by atoms with van der Waals surface area (Å²) < 4.78 is 28.2. The van der Waals surface area contributed by atoms with Gasteiger partial charge in [0.05, 0.1) is 6.04 Å². The lowest BCUT2D eigenvalue weighted by molar-refractivity contribution is 0.0935. The molecular formula is C23H20ClN3O3S. The molecule has 6 nitrogen and oxygen atoms in total. The Bertz CT molecular complexity index is 1270. The summed E-state index contributed by atoms with van der Waals surface area (Å²) in [5.74, 6) is 0.0595. The molecule has 0 aliphatic carbocycles. The van der Waals surface area contributed by atoms with Crippen LogP contribution in [0.4, 0.5) is 5.69 Å². The van der Waals surface area contributed by atoms with E-state index in [0.717, 1.165) is 12.0 Å². The fraction of sp³-hybridized carbons (Fsp3) is 0.130. The third-order valence-electron chi connectivity index (χ3n) is 5.01. The Morgan fingerprint density at radius 3 is 2.48 bits per heavy atom. The first kappa shape index (κ1) is 21.1. The minimum Gasteiger partial charge on any atom is -0.345 e. The summed E-state index contributed by atoms with van der Waals surface area (Å²) >= 11 is 6.07. The number of hydrogen-bond acceptors (Lipinski definition) is 4. The fourth-order valence-corrected chi connectivity index (χ4v) is 4.80. The summed E-state index contributed by atoms with van der Waals surface area (Å²) in [6.45, 7) is 1.99. The molecule has 1 atom stereocenters. The second-order valence-electron chi connectivity index (χ2n) is 7.10. The van der Waals surface area contributed by atoms with Crippen molar-refractivity contribution in [1.29, 1.82) is 0 Å². The molecule has 158 valence electrons. The van der Waals surface area contributed by atoms with Crippen molar-refractivity contribution in [3.05, 3.63) is 94.5 Å². The van der Waals surface area contributed by atoms with Gasteiger partial charge in [0.1, 0.15) is 4.90 Å². The fourth-order valence-electron chi connectivity index (χ4n) is 3.42. The number of nitrogens with one attached hydrogen (secondary N) is 2. The number of rotatable bonds is 5. The molecule has 0 aromatic heterocycles. The van der Waals surface area contributed by atoms with Gasteiger partial charge in [0.25, 0.3) is 15.9 Å². The second kappa shape index (κ2) is 8.53. The van der Waals surface area contributed by atoms with Gasteiger partial charge in [0.15, 0.2) is 5.84 Å². The molecule has 0 bridgehead atoms. The Morgan fingerprint density at radius 1 is 1.03 bits per heavy atom. The van der Waals surface area contributed by atoms with Crippen molar-refractivity contribution in [2.24, 2.45) is 4.40 Å². The SMILES string of the molecule is CCC(NC(=O)c1ccc(NC2=NS(=O)(=O)c3ccccc32)cc1)c1cccc(Cl)c1. The first-order valence-corrected chi connectivity index (χ1v) is 11.6. The summed E-state index contributed by atoms with van der Waals surface area (Å²) in [4.78, 5) is 12.9. The topological polar surface area (TPSA) is 87.6 Å². The van der Waals surface area contributed by atoms with E-state index in [1.165, 1.54) is 6.07 Å². The van der Waals surface area contributed by atoms with Crippen LogP contribution in [-0.4, -0.2) is 20.2 Å². The van der Waals surface area contributed by atoms with Crippen LogP contribution in [0.15, 0.2) is 82.1 Å². The van der Waals surface area contributed by atoms with Gasteiger partial charge in [-0.25, -0.2) is 0 Å². The molecule has 1 aliphatic heterocycles. The van der Waals surface area contributed by atoms with Crippen LogP contribution in [0, 0.1) is 0 Å². The van der Waals surface area contributed by atoms with Crippen LogP contribution in [0.5, 0.6) is 0 Å². The lowest BCUT2D eigenvalue weighted by Gasteiger charge is -2.18. The largest absolute Gasteiger partial charge is 0.345 e. The highest BCUT2D eigenvalue weighted by Crippen LogP contribution is 2.27. The van der Waals surface area contributed by atoms with Crippen molar-refractivity contribution in [2.75, 3.05) is 5.32 Å². The van der Waals surface area contributed by atoms with E-state index in [2.05, 4.69) is 15.0 Å². The molecule has 4 rings (SSSR count). The number of halogens is 1. The number of fused-ring (bicyclic) bond motifs is 1. The van der Waals surface area contributed by atoms with Crippen LogP contribution in [-0.2, 0) is 10.0 Å². The minimum absolute atomic E-state index is 0.154. The number of amides is 1. The smallest absolute Gasteiger partial charge is 0.285 e. The molecule has 0 spiro atoms. The maximum absolute atomic E-state index is 12.7. The van der Waals surface area contributed by atoms with Crippen molar-refractivity contribution >= 4 is 39.1 Å². The van der Waals surface area contributed by atoms with Crippen LogP contribution < -0.4 is 10.6 Å². The van der Waals surface area contributed by atoms with Crippen LogP contribution in [0.25, 0.3) is 0 Å². The molecule has 2 N–H and O–H groups in total. The van der Waals surface area contributed by atoms with Crippen molar-refractivity contribution < 1.29 is 13.2 Å². The third kappa shape index (κ3) is 4.47. The first-order chi connectivity index (χ1) is 14.9. The monoisotopic (exact) mass is 453 g/mol. The highest BCUT2D eigenvalue weighted by atomic mass is 35.5. The molecule has 8 heteroatoms. The third-order valence-corrected chi connectivity index (χ3v) is 6.58. The van der Waals surface area contributed by atoms with E-state index in [4.69, 9.17) is 11.6 Å². The molecule has 1 unspecified atom stereocenters. The molecule has 0 saturated carbocycles. The summed E-state index contributed by atoms with van der Waals surface area (Å²) in [6, 6.07) is 20.7. The Balaban J connectivity index is 1.48. The number of nitrogens with zero attached hydrogens (tertiary/aromatic N) is 1. The minimum atomic E-state index is -3.69. The van der Waals surface area contributed by atoms with Crippen molar-refractivity contribution in [3.8, 4) is 0 Å². The van der Waals surface area contributed by atoms with Gasteiger partial charge >= 0.3 is 0 Å². The van der Waals surface area contributed by atoms with Crippen LogP contribution >= 0.6 is 11.6 Å². The van der Waals surface area contributed by atoms with E-state index in [9.17, 15) is 13.2 Å². The average Bonchev–Trinajstić information content (AvgIpc) is 3.02. The molecule has 0 radical (unpaired) electrons. The van der Waals surface area contributed by atoms with E-state index in [1.54, 1.807) is 48.5 Å². The van der Waals surface area contributed by atoms with E-state index in [-0.39, 0.29) is 22.7 Å². The van der Waals surface area contributed by atoms with Gasteiger partial charge < -0.3 is 10.6 Å². The van der Waals surface area contributed by atoms with Crippen LogP contribution in [0.1, 0.15) is 40.9 Å². The first-order valence-electron chi connectivity index (χ1n) is 9.75. The van der Waals surface area contributed by atoms with Gasteiger partial charge in [0.2, 0.25) is 0 Å². The van der Waals surface area contributed by atoms with Crippen molar-refractivity contribution in [2.45, 2.75) is 24.3 Å². The van der Waals surface area contributed by atoms with Gasteiger partial charge in [-0.3, -0.25) is 4.79 Å². The maximum atomic E-state index is 12.7. The summed E-state index contributed by atoms with van der Waals surface area (Å²) in [7, 11) is -3.69. The molecule has 1 heterocycles. The quantitative estimate of drug-likeness (QED) is 0.581. The number of hydrogen-bond donors (Lipinski definition) is 2. The highest BCUT2D eigenvalue weighted by Gasteiger charge is 2.28. The zero-order valence-electron chi connectivity index (χ0n) is 16.7. The number of carbonyl (C=O) groups is 1. The van der Waals surface area contributed by atoms with Crippen molar-refractivity contribution in [1.82, 2.24) is 5.32 Å². The zero-order chi connectivity index (χ0) is 22.0. The summed E-state index contributed by atoms with van der Waals surface area (Å²) in [5.41, 5.74) is 2.59. The predicted octanol–water partition coefficient (Wildman–Crippen LogP) is 4.78. The second-order valence-corrected chi connectivity index (χ2v) is 9.11. The van der Waals surface area contributed by atoms with Gasteiger partial charge in [-0.2, -0.15) is 8.42 Å². The molecule has 0 saturated heterocycles. The molecule has 1 amide bonds. The maximum Gasteiger partial charge on any atom is 0.285 e. The van der Waals surface area contributed by atoms with Crippen LogP contribution in [0.2, 0.25) is 5.02 Å². The standard InChI is InChI=1S/C23H20ClN3O3S/c1-2-20(16-6-5-7-17(24)14-16)26-23(28)15-10-12-18(13-11-15)25-22-19-8-3-4-9-21(19)31(29,30)27-22/h3-14,20H,2H2,1H3,(H,25,27)(H,26,28). The van der Waals surface area contributed by atoms with Crippen LogP contribution in [0.3, 0.4) is 0 Å². The Labute approximate surface area is 186 Å². The molecule has 31 heavy (non-hydrogen) atoms.